The van der Waals surface area contributed by atoms with Crippen LogP contribution in [0.15, 0.2) is 16.3 Å². The Morgan fingerprint density at radius 2 is 1.67 bits per heavy atom. The van der Waals surface area contributed by atoms with E-state index in [0.29, 0.717) is 0 Å². The molecule has 1 aromatic heterocycles. The topological polar surface area (TPSA) is 78.5 Å². The average Bonchev–Trinajstić information content (AvgIpc) is 3.39. The number of sulfonamides is 1. The van der Waals surface area contributed by atoms with E-state index in [9.17, 15) is 13.2 Å². The molecule has 0 spiro atoms. The van der Waals surface area contributed by atoms with Crippen LogP contribution in [-0.2, 0) is 48.7 Å². The summed E-state index contributed by atoms with van der Waals surface area (Å²) >= 11 is 1.26. The number of fused-ring (bicyclic) bond motifs is 3. The van der Waals surface area contributed by atoms with Gasteiger partial charge in [-0.2, -0.15) is 0 Å². The molecule has 0 atom stereocenters. The van der Waals surface area contributed by atoms with Crippen molar-refractivity contribution >= 4 is 62.6 Å². The molecule has 9 heteroatoms. The number of anilines is 1. The number of thiophene rings is 1. The van der Waals surface area contributed by atoms with Crippen LogP contribution >= 0.6 is 11.3 Å². The number of aryl methyl sites for hydroxylation is 2. The predicted molar refractivity (Wildman–Crippen MR) is 121 cm³/mol. The van der Waals surface area contributed by atoms with Gasteiger partial charge in [0.25, 0.3) is 10.0 Å². The van der Waals surface area contributed by atoms with E-state index in [4.69, 9.17) is 0 Å². The molecule has 0 unspecified atom stereocenters. The molecule has 2 amide bonds. The summed E-state index contributed by atoms with van der Waals surface area (Å²) in [5.41, 5.74) is 6.92. The fourth-order valence-electron chi connectivity index (χ4n) is 4.83. The zero-order valence-electron chi connectivity index (χ0n) is 16.5. The Morgan fingerprint density at radius 3 is 2.33 bits per heavy atom. The second-order valence-electron chi connectivity index (χ2n) is 8.30. The number of carbonyl (C=O) groups is 1. The van der Waals surface area contributed by atoms with Gasteiger partial charge in [0.2, 0.25) is 0 Å². The number of carbonyl (C=O) groups excluding carboxylic acids is 1. The second-order valence-corrected chi connectivity index (χ2v) is 11.3. The maximum absolute atomic E-state index is 12.8. The van der Waals surface area contributed by atoms with Gasteiger partial charge in [-0.1, -0.05) is 6.07 Å². The summed E-state index contributed by atoms with van der Waals surface area (Å²) in [6, 6.07) is 3.35. The second kappa shape index (κ2) is 8.56. The third-order valence-corrected chi connectivity index (χ3v) is 9.22. The number of benzene rings is 1. The van der Waals surface area contributed by atoms with E-state index in [1.165, 1.54) is 33.6 Å². The molecule has 0 fully saturated rings. The Labute approximate surface area is 203 Å². The van der Waals surface area contributed by atoms with Crippen LogP contribution in [0, 0.1) is 0 Å². The predicted octanol–water partition coefficient (Wildman–Crippen LogP) is 2.58. The Kier molecular flexibility index (Phi) is 6.36. The summed E-state index contributed by atoms with van der Waals surface area (Å²) in [7, 11) is -1.85. The number of hydrogen-bond donors (Lipinski definition) is 2. The molecule has 2 N–H and O–H groups in total. The first kappa shape index (κ1) is 22.3. The molecule has 3 aliphatic rings. The van der Waals surface area contributed by atoms with Gasteiger partial charge in [-0.25, -0.2) is 17.9 Å². The Bertz CT molecular complexity index is 1080. The molecule has 2 aromatic rings. The van der Waals surface area contributed by atoms with E-state index < -0.39 is 16.1 Å². The molecule has 0 radical (unpaired) electrons. The normalized spacial score (nSPS) is 17.6. The van der Waals surface area contributed by atoms with Gasteiger partial charge >= 0.3 is 35.6 Å². The molecule has 0 bridgehead atoms. The monoisotopic (exact) mass is 455 g/mol. The first-order valence-corrected chi connectivity index (χ1v) is 12.5. The molecule has 0 saturated heterocycles. The van der Waals surface area contributed by atoms with E-state index in [2.05, 4.69) is 21.0 Å². The fourth-order valence-corrected chi connectivity index (χ4v) is 7.41. The zero-order valence-corrected chi connectivity index (χ0v) is 18.1. The van der Waals surface area contributed by atoms with Gasteiger partial charge in [-0.3, -0.25) is 0 Å². The molecule has 156 valence electrons. The zero-order chi connectivity index (χ0) is 20.2. The summed E-state index contributed by atoms with van der Waals surface area (Å²) in [5.74, 6) is 0. The van der Waals surface area contributed by atoms with Crippen molar-refractivity contribution < 1.29 is 13.2 Å². The minimum absolute atomic E-state index is 0. The van der Waals surface area contributed by atoms with Gasteiger partial charge < -0.3 is 10.2 Å². The van der Waals surface area contributed by atoms with Crippen LogP contribution < -0.4 is 10.0 Å². The molecule has 6 nitrogen and oxygen atoms in total. The molecule has 1 aromatic carbocycles. The number of hydrogen-bond acceptors (Lipinski definition) is 5. The van der Waals surface area contributed by atoms with E-state index in [0.717, 1.165) is 74.2 Å². The SMILES string of the molecule is CN1CCc2cc(S(=O)(=O)NC(=O)Nc3c4c(cc5c3CCC5)CCC4)sc2C1.[NaH]. The number of nitrogens with zero attached hydrogens (tertiary/aromatic N) is 1. The van der Waals surface area contributed by atoms with Crippen molar-refractivity contribution in [2.24, 2.45) is 0 Å². The summed E-state index contributed by atoms with van der Waals surface area (Å²) in [6.07, 6.45) is 6.96. The molecule has 30 heavy (non-hydrogen) atoms. The average molecular weight is 456 g/mol. The van der Waals surface area contributed by atoms with Gasteiger partial charge in [0, 0.05) is 23.7 Å². The third kappa shape index (κ3) is 4.10. The van der Waals surface area contributed by atoms with Crippen LogP contribution in [-0.4, -0.2) is 62.5 Å². The van der Waals surface area contributed by atoms with Gasteiger partial charge in [0.05, 0.1) is 0 Å². The van der Waals surface area contributed by atoms with Crippen molar-refractivity contribution in [3.63, 3.8) is 0 Å². The van der Waals surface area contributed by atoms with Gasteiger partial charge in [0.15, 0.2) is 0 Å². The summed E-state index contributed by atoms with van der Waals surface area (Å²) in [6.45, 7) is 1.67. The Morgan fingerprint density at radius 1 is 1.00 bits per heavy atom. The minimum atomic E-state index is -3.88. The summed E-state index contributed by atoms with van der Waals surface area (Å²) < 4.78 is 28.1. The van der Waals surface area contributed by atoms with Crippen LogP contribution in [0.25, 0.3) is 0 Å². The van der Waals surface area contributed by atoms with Crippen LogP contribution in [0.3, 0.4) is 0 Å². The number of urea groups is 1. The number of nitrogens with one attached hydrogen (secondary N) is 2. The van der Waals surface area contributed by atoms with Gasteiger partial charge in [-0.15, -0.1) is 11.3 Å². The van der Waals surface area contributed by atoms with Crippen molar-refractivity contribution in [1.29, 1.82) is 0 Å². The third-order valence-electron chi connectivity index (χ3n) is 6.25. The molecule has 0 saturated carbocycles. The summed E-state index contributed by atoms with van der Waals surface area (Å²) in [4.78, 5) is 15.9. The van der Waals surface area contributed by atoms with Crippen LogP contribution in [0.2, 0.25) is 0 Å². The van der Waals surface area contributed by atoms with Crippen molar-refractivity contribution in [3.05, 3.63) is 44.8 Å². The van der Waals surface area contributed by atoms with Crippen molar-refractivity contribution in [2.45, 2.75) is 55.7 Å². The van der Waals surface area contributed by atoms with Gasteiger partial charge in [-0.05, 0) is 85.9 Å². The van der Waals surface area contributed by atoms with E-state index >= 15 is 0 Å². The fraction of sp³-hybridized carbons (Fsp3) is 0.476. The van der Waals surface area contributed by atoms with Gasteiger partial charge in [0.1, 0.15) is 4.21 Å². The molecule has 2 heterocycles. The first-order valence-electron chi connectivity index (χ1n) is 10.2. The Balaban J connectivity index is 0.00000218. The maximum atomic E-state index is 12.8. The quantitative estimate of drug-likeness (QED) is 0.698. The standard InChI is InChI=1S/C21H25N3O3S2.Na.H/c1-24-9-8-15-11-19(28-18(15)12-24)29(26,27)23-21(25)22-20-16-6-2-4-13(16)10-14-5-3-7-17(14)20;;/h10-11H,2-9,12H2,1H3,(H2,22,23,25);;. The first-order chi connectivity index (χ1) is 13.9. The molecule has 5 rings (SSSR count). The van der Waals surface area contributed by atoms with E-state index in [-0.39, 0.29) is 33.8 Å². The Hall–Kier alpha value is -0.900. The molecular formula is C21H26N3NaO3S2. The number of amides is 2. The molecular weight excluding hydrogens is 429 g/mol. The van der Waals surface area contributed by atoms with Crippen LogP contribution in [0.5, 0.6) is 0 Å². The van der Waals surface area contributed by atoms with Crippen LogP contribution in [0.4, 0.5) is 10.5 Å². The van der Waals surface area contributed by atoms with Crippen molar-refractivity contribution in [3.8, 4) is 0 Å². The number of likely N-dealkylation sites (N-methyl/N-ethyl adjacent to an activating group) is 1. The van der Waals surface area contributed by atoms with E-state index in [1.54, 1.807) is 6.07 Å². The molecule has 1 aliphatic heterocycles. The van der Waals surface area contributed by atoms with E-state index in [1.807, 2.05) is 7.05 Å². The van der Waals surface area contributed by atoms with Crippen molar-refractivity contribution in [2.75, 3.05) is 18.9 Å². The van der Waals surface area contributed by atoms with Crippen LogP contribution in [0.1, 0.15) is 45.5 Å². The summed E-state index contributed by atoms with van der Waals surface area (Å²) in [5, 5.41) is 2.90. The molecule has 2 aliphatic carbocycles. The van der Waals surface area contributed by atoms with Crippen molar-refractivity contribution in [1.82, 2.24) is 9.62 Å². The number of rotatable bonds is 3.